The van der Waals surface area contributed by atoms with Gasteiger partial charge in [-0.3, -0.25) is 4.79 Å². The lowest BCUT2D eigenvalue weighted by Gasteiger charge is -2.07. The number of esters is 1. The molecule has 0 aromatic heterocycles. The molecule has 2 aromatic rings. The SMILES string of the molecule is CCOC(=O)c1ccc(NC(=O)CSc2ccc(F)cc2F)cc1. The summed E-state index contributed by atoms with van der Waals surface area (Å²) in [4.78, 5) is 23.6. The van der Waals surface area contributed by atoms with Gasteiger partial charge >= 0.3 is 5.97 Å². The van der Waals surface area contributed by atoms with E-state index in [9.17, 15) is 18.4 Å². The summed E-state index contributed by atoms with van der Waals surface area (Å²) >= 11 is 0.970. The fraction of sp³-hybridized carbons (Fsp3) is 0.176. The minimum Gasteiger partial charge on any atom is -0.462 e. The van der Waals surface area contributed by atoms with Crippen LogP contribution in [-0.2, 0) is 9.53 Å². The van der Waals surface area contributed by atoms with Gasteiger partial charge in [0.25, 0.3) is 0 Å². The smallest absolute Gasteiger partial charge is 0.338 e. The van der Waals surface area contributed by atoms with E-state index < -0.39 is 17.6 Å². The minimum absolute atomic E-state index is 0.0256. The van der Waals surface area contributed by atoms with Crippen LogP contribution in [0.25, 0.3) is 0 Å². The van der Waals surface area contributed by atoms with Crippen LogP contribution in [-0.4, -0.2) is 24.2 Å². The summed E-state index contributed by atoms with van der Waals surface area (Å²) in [6.45, 7) is 2.00. The molecule has 0 radical (unpaired) electrons. The molecule has 0 aliphatic heterocycles. The second kappa shape index (κ2) is 8.44. The Morgan fingerprint density at radius 1 is 1.12 bits per heavy atom. The molecule has 24 heavy (non-hydrogen) atoms. The number of ether oxygens (including phenoxy) is 1. The lowest BCUT2D eigenvalue weighted by Crippen LogP contribution is -2.14. The summed E-state index contributed by atoms with van der Waals surface area (Å²) in [7, 11) is 0. The predicted octanol–water partition coefficient (Wildman–Crippen LogP) is 3.87. The Morgan fingerprint density at radius 3 is 2.46 bits per heavy atom. The molecule has 0 aliphatic rings. The van der Waals surface area contributed by atoms with Crippen molar-refractivity contribution in [3.8, 4) is 0 Å². The van der Waals surface area contributed by atoms with E-state index in [1.165, 1.54) is 6.07 Å². The summed E-state index contributed by atoms with van der Waals surface area (Å²) in [5.41, 5.74) is 0.894. The molecule has 0 bridgehead atoms. The highest BCUT2D eigenvalue weighted by atomic mass is 32.2. The summed E-state index contributed by atoms with van der Waals surface area (Å²) in [5.74, 6) is -2.16. The van der Waals surface area contributed by atoms with Gasteiger partial charge in [-0.1, -0.05) is 0 Å². The van der Waals surface area contributed by atoms with Crippen molar-refractivity contribution in [2.24, 2.45) is 0 Å². The Balaban J connectivity index is 1.89. The molecule has 2 rings (SSSR count). The van der Waals surface area contributed by atoms with Gasteiger partial charge in [0.05, 0.1) is 17.9 Å². The third-order valence-corrected chi connectivity index (χ3v) is 3.98. The van der Waals surface area contributed by atoms with E-state index in [1.807, 2.05) is 0 Å². The second-order valence-corrected chi connectivity index (χ2v) is 5.73. The minimum atomic E-state index is -0.702. The third-order valence-electron chi connectivity index (χ3n) is 2.93. The first kappa shape index (κ1) is 17.9. The van der Waals surface area contributed by atoms with Crippen molar-refractivity contribution in [2.75, 3.05) is 17.7 Å². The quantitative estimate of drug-likeness (QED) is 0.634. The van der Waals surface area contributed by atoms with E-state index >= 15 is 0 Å². The lowest BCUT2D eigenvalue weighted by molar-refractivity contribution is -0.113. The maximum absolute atomic E-state index is 13.5. The van der Waals surface area contributed by atoms with Crippen LogP contribution in [0.5, 0.6) is 0 Å². The first-order valence-electron chi connectivity index (χ1n) is 7.14. The van der Waals surface area contributed by atoms with Gasteiger partial charge < -0.3 is 10.1 Å². The molecular weight excluding hydrogens is 336 g/mol. The molecule has 2 aromatic carbocycles. The Labute approximate surface area is 142 Å². The number of anilines is 1. The Kier molecular flexibility index (Phi) is 6.31. The predicted molar refractivity (Wildman–Crippen MR) is 88.1 cm³/mol. The molecule has 1 amide bonds. The van der Waals surface area contributed by atoms with Crippen molar-refractivity contribution >= 4 is 29.3 Å². The van der Waals surface area contributed by atoms with Gasteiger partial charge in [0, 0.05) is 16.6 Å². The fourth-order valence-electron chi connectivity index (χ4n) is 1.84. The van der Waals surface area contributed by atoms with Gasteiger partial charge in [-0.15, -0.1) is 11.8 Å². The van der Waals surface area contributed by atoms with Gasteiger partial charge in [0.1, 0.15) is 11.6 Å². The molecule has 4 nitrogen and oxygen atoms in total. The Hall–Kier alpha value is -2.41. The van der Waals surface area contributed by atoms with Crippen molar-refractivity contribution in [3.63, 3.8) is 0 Å². The number of hydrogen-bond acceptors (Lipinski definition) is 4. The summed E-state index contributed by atoms with van der Waals surface area (Å²) in [6, 6.07) is 9.43. The van der Waals surface area contributed by atoms with E-state index in [0.29, 0.717) is 11.3 Å². The van der Waals surface area contributed by atoms with Gasteiger partial charge in [-0.25, -0.2) is 13.6 Å². The maximum Gasteiger partial charge on any atom is 0.338 e. The van der Waals surface area contributed by atoms with Crippen molar-refractivity contribution in [1.82, 2.24) is 0 Å². The van der Waals surface area contributed by atoms with Crippen LogP contribution in [0.3, 0.4) is 0 Å². The van der Waals surface area contributed by atoms with E-state index in [0.717, 1.165) is 23.9 Å². The Bertz CT molecular complexity index is 735. The molecule has 0 atom stereocenters. The van der Waals surface area contributed by atoms with E-state index in [4.69, 9.17) is 4.74 Å². The standard InChI is InChI=1S/C17H15F2NO3S/c1-2-23-17(22)11-3-6-13(7-4-11)20-16(21)10-24-15-8-5-12(18)9-14(15)19/h3-9H,2,10H2,1H3,(H,20,21). The lowest BCUT2D eigenvalue weighted by atomic mass is 10.2. The summed E-state index contributed by atoms with van der Waals surface area (Å²) in [5, 5.41) is 2.63. The molecule has 0 fully saturated rings. The molecule has 0 spiro atoms. The number of nitrogens with one attached hydrogen (secondary N) is 1. The number of amides is 1. The number of hydrogen-bond donors (Lipinski definition) is 1. The molecule has 0 saturated carbocycles. The third kappa shape index (κ3) is 5.06. The van der Waals surface area contributed by atoms with Gasteiger partial charge in [0.15, 0.2) is 0 Å². The van der Waals surface area contributed by atoms with Crippen molar-refractivity contribution in [3.05, 3.63) is 59.7 Å². The number of carbonyl (C=O) groups excluding carboxylic acids is 2. The average Bonchev–Trinajstić information content (AvgIpc) is 2.55. The number of rotatable bonds is 6. The number of carbonyl (C=O) groups is 2. The molecule has 0 unspecified atom stereocenters. The number of thioether (sulfide) groups is 1. The normalized spacial score (nSPS) is 10.3. The maximum atomic E-state index is 13.5. The summed E-state index contributed by atoms with van der Waals surface area (Å²) in [6.07, 6.45) is 0. The number of benzene rings is 2. The van der Waals surface area contributed by atoms with Crippen LogP contribution >= 0.6 is 11.8 Å². The molecule has 1 N–H and O–H groups in total. The van der Waals surface area contributed by atoms with Crippen LogP contribution < -0.4 is 5.32 Å². The van der Waals surface area contributed by atoms with Crippen LogP contribution in [0.2, 0.25) is 0 Å². The monoisotopic (exact) mass is 351 g/mol. The topological polar surface area (TPSA) is 55.4 Å². The van der Waals surface area contributed by atoms with Gasteiger partial charge in [0.2, 0.25) is 5.91 Å². The number of halogens is 2. The van der Waals surface area contributed by atoms with E-state index in [1.54, 1.807) is 31.2 Å². The largest absolute Gasteiger partial charge is 0.462 e. The molecule has 0 heterocycles. The average molecular weight is 351 g/mol. The molecule has 0 aliphatic carbocycles. The highest BCUT2D eigenvalue weighted by Crippen LogP contribution is 2.22. The van der Waals surface area contributed by atoms with Crippen LogP contribution in [0, 0.1) is 11.6 Å². The van der Waals surface area contributed by atoms with Gasteiger partial charge in [-0.05, 0) is 43.3 Å². The fourth-order valence-corrected chi connectivity index (χ4v) is 2.56. The van der Waals surface area contributed by atoms with Crippen LogP contribution in [0.1, 0.15) is 17.3 Å². The zero-order chi connectivity index (χ0) is 17.5. The second-order valence-electron chi connectivity index (χ2n) is 4.71. The highest BCUT2D eigenvalue weighted by molar-refractivity contribution is 8.00. The van der Waals surface area contributed by atoms with Crippen molar-refractivity contribution < 1.29 is 23.1 Å². The molecular formula is C17H15F2NO3S. The van der Waals surface area contributed by atoms with E-state index in [2.05, 4.69) is 5.32 Å². The van der Waals surface area contributed by atoms with E-state index in [-0.39, 0.29) is 23.2 Å². The molecule has 0 saturated heterocycles. The zero-order valence-electron chi connectivity index (χ0n) is 12.8. The summed E-state index contributed by atoms with van der Waals surface area (Å²) < 4.78 is 31.1. The van der Waals surface area contributed by atoms with Crippen molar-refractivity contribution in [1.29, 1.82) is 0 Å². The zero-order valence-corrected chi connectivity index (χ0v) is 13.7. The van der Waals surface area contributed by atoms with Gasteiger partial charge in [-0.2, -0.15) is 0 Å². The first-order valence-corrected chi connectivity index (χ1v) is 8.13. The van der Waals surface area contributed by atoms with Crippen LogP contribution in [0.4, 0.5) is 14.5 Å². The first-order chi connectivity index (χ1) is 11.5. The molecule has 7 heteroatoms. The highest BCUT2D eigenvalue weighted by Gasteiger charge is 2.09. The Morgan fingerprint density at radius 2 is 1.83 bits per heavy atom. The van der Waals surface area contributed by atoms with Crippen LogP contribution in [0.15, 0.2) is 47.4 Å². The van der Waals surface area contributed by atoms with Crippen molar-refractivity contribution in [2.45, 2.75) is 11.8 Å². The molecule has 126 valence electrons.